The Kier molecular flexibility index (Phi) is 3.71. The molecule has 0 aromatic heterocycles. The Bertz CT molecular complexity index is 1370. The van der Waals surface area contributed by atoms with E-state index in [4.69, 9.17) is 0 Å². The lowest BCUT2D eigenvalue weighted by Crippen LogP contribution is -2.53. The summed E-state index contributed by atoms with van der Waals surface area (Å²) in [5.74, 6) is -1.44. The Hall–Kier alpha value is -3.31. The number of imide groups is 1. The average Bonchev–Trinajstić information content (AvgIpc) is 3.52. The second-order valence-electron chi connectivity index (χ2n) is 9.96. The van der Waals surface area contributed by atoms with Crippen LogP contribution in [0.1, 0.15) is 39.9 Å². The molecule has 0 unspecified atom stereocenters. The fourth-order valence-electron chi connectivity index (χ4n) is 7.16. The van der Waals surface area contributed by atoms with Gasteiger partial charge in [0.25, 0.3) is 0 Å². The lowest BCUT2D eigenvalue weighted by atomic mass is 9.74. The Balaban J connectivity index is 1.40. The molecule has 2 amide bonds. The van der Waals surface area contributed by atoms with E-state index >= 15 is 0 Å². The molecule has 4 atom stereocenters. The highest BCUT2D eigenvalue weighted by Crippen LogP contribution is 2.61. The highest BCUT2D eigenvalue weighted by molar-refractivity contribution is 6.23. The van der Waals surface area contributed by atoms with Gasteiger partial charge in [-0.1, -0.05) is 66.2 Å². The van der Waals surface area contributed by atoms with Crippen molar-refractivity contribution in [3.05, 3.63) is 82.9 Å². The van der Waals surface area contributed by atoms with Crippen LogP contribution in [0.25, 0.3) is 10.8 Å². The van der Waals surface area contributed by atoms with Gasteiger partial charge < -0.3 is 0 Å². The Morgan fingerprint density at radius 1 is 0.939 bits per heavy atom. The van der Waals surface area contributed by atoms with Crippen LogP contribution in [0, 0.1) is 18.8 Å². The first-order valence-electron chi connectivity index (χ1n) is 11.8. The molecule has 0 radical (unpaired) electrons. The van der Waals surface area contributed by atoms with E-state index in [0.29, 0.717) is 5.56 Å². The Labute approximate surface area is 192 Å². The molecule has 0 saturated carbocycles. The van der Waals surface area contributed by atoms with Crippen LogP contribution in [0.2, 0.25) is 0 Å². The van der Waals surface area contributed by atoms with Gasteiger partial charge in [-0.15, -0.1) is 0 Å². The summed E-state index contributed by atoms with van der Waals surface area (Å²) in [7, 11) is 0. The van der Waals surface area contributed by atoms with Gasteiger partial charge in [0, 0.05) is 11.6 Å². The molecule has 3 saturated heterocycles. The van der Waals surface area contributed by atoms with Crippen LogP contribution in [0.5, 0.6) is 0 Å². The third-order valence-electron chi connectivity index (χ3n) is 8.43. The summed E-state index contributed by atoms with van der Waals surface area (Å²) in [6.45, 7) is 3.02. The van der Waals surface area contributed by atoms with Crippen LogP contribution in [0.4, 0.5) is 0 Å². The number of nitrogens with zero attached hydrogens (tertiary/aromatic N) is 2. The van der Waals surface area contributed by atoms with E-state index in [9.17, 15) is 14.4 Å². The summed E-state index contributed by atoms with van der Waals surface area (Å²) in [4.78, 5) is 45.6. The molecule has 1 spiro atoms. The van der Waals surface area contributed by atoms with Gasteiger partial charge in [-0.05, 0) is 48.2 Å². The monoisotopic (exact) mass is 436 g/mol. The maximum absolute atomic E-state index is 14.2. The summed E-state index contributed by atoms with van der Waals surface area (Å²) < 4.78 is 0. The number of likely N-dealkylation sites (tertiary alicyclic amines) is 1. The van der Waals surface area contributed by atoms with Crippen molar-refractivity contribution in [2.24, 2.45) is 11.8 Å². The number of benzene rings is 3. The number of carbonyl (C=O) groups is 3. The second kappa shape index (κ2) is 6.39. The molecule has 3 fully saturated rings. The minimum atomic E-state index is -1.07. The lowest BCUT2D eigenvalue weighted by Gasteiger charge is -2.38. The molecule has 3 aliphatic heterocycles. The Morgan fingerprint density at radius 2 is 1.70 bits per heavy atom. The number of hydrogen-bond acceptors (Lipinski definition) is 4. The number of aryl methyl sites for hydroxylation is 1. The van der Waals surface area contributed by atoms with Gasteiger partial charge in [-0.25, -0.2) is 0 Å². The minimum absolute atomic E-state index is 0.00737. The van der Waals surface area contributed by atoms with Crippen molar-refractivity contribution in [3.8, 4) is 0 Å². The van der Waals surface area contributed by atoms with Crippen LogP contribution < -0.4 is 0 Å². The first-order valence-corrected chi connectivity index (χ1v) is 11.8. The van der Waals surface area contributed by atoms with E-state index in [0.717, 1.165) is 46.8 Å². The van der Waals surface area contributed by atoms with Gasteiger partial charge in [-0.2, -0.15) is 0 Å². The molecule has 3 aromatic carbocycles. The summed E-state index contributed by atoms with van der Waals surface area (Å²) >= 11 is 0. The number of ketones is 1. The molecular weight excluding hydrogens is 412 g/mol. The van der Waals surface area contributed by atoms with E-state index in [-0.39, 0.29) is 30.2 Å². The molecule has 3 heterocycles. The summed E-state index contributed by atoms with van der Waals surface area (Å²) in [6.07, 6.45) is 1.79. The van der Waals surface area contributed by atoms with E-state index < -0.39 is 17.4 Å². The van der Waals surface area contributed by atoms with Crippen molar-refractivity contribution in [2.45, 2.75) is 37.9 Å². The smallest absolute Gasteiger partial charge is 0.236 e. The normalized spacial score (nSPS) is 30.2. The number of Topliss-reactive ketones (excluding diaryl/α,β-unsaturated/α-hetero) is 1. The van der Waals surface area contributed by atoms with Gasteiger partial charge in [0.15, 0.2) is 5.78 Å². The molecule has 0 N–H and O–H groups in total. The molecule has 7 rings (SSSR count). The van der Waals surface area contributed by atoms with Crippen LogP contribution >= 0.6 is 0 Å². The molecule has 3 aromatic rings. The van der Waals surface area contributed by atoms with Gasteiger partial charge in [0.2, 0.25) is 11.8 Å². The quantitative estimate of drug-likeness (QED) is 0.573. The third kappa shape index (κ3) is 2.19. The zero-order valence-electron chi connectivity index (χ0n) is 18.5. The SMILES string of the molecule is Cc1ccc(CN2C(=O)[C@H]3[C@@H](C2=O)[C@]2(C(=O)c4cccc5cccc2c45)N2CCC[C@@H]32)cc1. The second-order valence-corrected chi connectivity index (χ2v) is 9.96. The molecule has 1 aliphatic carbocycles. The lowest BCUT2D eigenvalue weighted by molar-refractivity contribution is -0.142. The van der Waals surface area contributed by atoms with E-state index in [1.807, 2.05) is 67.6 Å². The molecule has 0 bridgehead atoms. The molecule has 4 aliphatic rings. The Morgan fingerprint density at radius 3 is 2.48 bits per heavy atom. The molecular formula is C28H24N2O3. The molecule has 33 heavy (non-hydrogen) atoms. The van der Waals surface area contributed by atoms with Crippen LogP contribution in [-0.2, 0) is 21.7 Å². The average molecular weight is 437 g/mol. The largest absolute Gasteiger partial charge is 0.292 e. The third-order valence-corrected chi connectivity index (χ3v) is 8.43. The summed E-state index contributed by atoms with van der Waals surface area (Å²) in [6, 6.07) is 19.7. The first-order chi connectivity index (χ1) is 16.0. The van der Waals surface area contributed by atoms with Crippen LogP contribution in [0.15, 0.2) is 60.7 Å². The van der Waals surface area contributed by atoms with Crippen molar-refractivity contribution < 1.29 is 14.4 Å². The van der Waals surface area contributed by atoms with Gasteiger partial charge in [-0.3, -0.25) is 24.2 Å². The standard InChI is InChI=1S/C28H24N2O3/c1-16-10-12-17(13-11-16)15-29-26(32)23-21-9-4-14-30(21)28(24(23)27(29)33)20-8-3-6-18-5-2-7-19(22(18)20)25(28)31/h2-3,5-8,10-13,21,23-24H,4,9,14-15H2,1H3/t21-,23+,24-,28+/m0/s1. The topological polar surface area (TPSA) is 57.7 Å². The fraction of sp³-hybridized carbons (Fsp3) is 0.321. The van der Waals surface area contributed by atoms with Crippen LogP contribution in [0.3, 0.4) is 0 Å². The number of carbonyl (C=O) groups excluding carboxylic acids is 3. The zero-order valence-corrected chi connectivity index (χ0v) is 18.5. The fourth-order valence-corrected chi connectivity index (χ4v) is 7.16. The van der Waals surface area contributed by atoms with Gasteiger partial charge in [0.05, 0.1) is 18.4 Å². The van der Waals surface area contributed by atoms with E-state index in [1.54, 1.807) is 0 Å². The van der Waals surface area contributed by atoms with Crippen molar-refractivity contribution >= 4 is 28.4 Å². The summed E-state index contributed by atoms with van der Waals surface area (Å²) in [5, 5.41) is 1.97. The van der Waals surface area contributed by atoms with Gasteiger partial charge in [0.1, 0.15) is 5.54 Å². The highest BCUT2D eigenvalue weighted by Gasteiger charge is 2.74. The van der Waals surface area contributed by atoms with Crippen molar-refractivity contribution in [1.82, 2.24) is 9.80 Å². The minimum Gasteiger partial charge on any atom is -0.292 e. The summed E-state index contributed by atoms with van der Waals surface area (Å²) in [5.41, 5.74) is 2.61. The maximum Gasteiger partial charge on any atom is 0.236 e. The number of hydrogen-bond donors (Lipinski definition) is 0. The first kappa shape index (κ1) is 19.2. The number of fused-ring (bicyclic) bond motifs is 6. The van der Waals surface area contributed by atoms with Crippen LogP contribution in [-0.4, -0.2) is 40.0 Å². The van der Waals surface area contributed by atoms with Gasteiger partial charge >= 0.3 is 0 Å². The van der Waals surface area contributed by atoms with E-state index in [1.165, 1.54) is 4.90 Å². The molecule has 5 nitrogen and oxygen atoms in total. The van der Waals surface area contributed by atoms with Crippen molar-refractivity contribution in [3.63, 3.8) is 0 Å². The number of amides is 2. The highest BCUT2D eigenvalue weighted by atomic mass is 16.2. The maximum atomic E-state index is 14.2. The molecule has 5 heteroatoms. The predicted molar refractivity (Wildman–Crippen MR) is 123 cm³/mol. The van der Waals surface area contributed by atoms with E-state index in [2.05, 4.69) is 4.90 Å². The molecule has 164 valence electrons. The van der Waals surface area contributed by atoms with Crippen molar-refractivity contribution in [2.75, 3.05) is 6.54 Å². The zero-order chi connectivity index (χ0) is 22.5. The predicted octanol–water partition coefficient (Wildman–Crippen LogP) is 3.82. The van der Waals surface area contributed by atoms with Crippen molar-refractivity contribution in [1.29, 1.82) is 0 Å². The number of rotatable bonds is 2.